The molecular weight excluding hydrogens is 456 g/mol. The maximum absolute atomic E-state index is 11.0. The highest BCUT2D eigenvalue weighted by Crippen LogP contribution is 2.37. The van der Waals surface area contributed by atoms with Gasteiger partial charge in [0.25, 0.3) is 8.32 Å². The number of methoxy groups -OCH3 is 1. The molecule has 1 aliphatic heterocycles. The minimum Gasteiger partial charge on any atom is -0.495 e. The predicted molar refractivity (Wildman–Crippen MR) is 142 cm³/mol. The predicted octanol–water partition coefficient (Wildman–Crippen LogP) is 4.98. The quantitative estimate of drug-likeness (QED) is 0.249. The van der Waals surface area contributed by atoms with Crippen LogP contribution in [0.3, 0.4) is 0 Å². The second-order valence-corrected chi connectivity index (χ2v) is 14.4. The van der Waals surface area contributed by atoms with Crippen molar-refractivity contribution in [3.05, 3.63) is 72.5 Å². The van der Waals surface area contributed by atoms with Gasteiger partial charge in [-0.2, -0.15) is 0 Å². The fraction of sp³-hybridized carbons (Fsp3) is 0.483. The van der Waals surface area contributed by atoms with Crippen LogP contribution in [0, 0.1) is 0 Å². The van der Waals surface area contributed by atoms with Crippen molar-refractivity contribution < 1.29 is 23.4 Å². The van der Waals surface area contributed by atoms with E-state index in [0.29, 0.717) is 13.2 Å². The summed E-state index contributed by atoms with van der Waals surface area (Å²) in [4.78, 5) is 11.0. The Hall–Kier alpha value is -2.41. The van der Waals surface area contributed by atoms with Gasteiger partial charge in [-0.15, -0.1) is 0 Å². The van der Waals surface area contributed by atoms with Crippen LogP contribution in [0.5, 0.6) is 0 Å². The Kier molecular flexibility index (Phi) is 9.72. The minimum absolute atomic E-state index is 0.0188. The molecule has 35 heavy (non-hydrogen) atoms. The third kappa shape index (κ3) is 7.06. The molecule has 0 N–H and O–H groups in total. The van der Waals surface area contributed by atoms with Crippen molar-refractivity contribution in [1.29, 1.82) is 0 Å². The fourth-order valence-corrected chi connectivity index (χ4v) is 9.47. The number of rotatable bonds is 11. The van der Waals surface area contributed by atoms with Crippen LogP contribution in [-0.2, 0) is 23.4 Å². The molecule has 0 aromatic heterocycles. The zero-order valence-electron chi connectivity index (χ0n) is 21.8. The van der Waals surface area contributed by atoms with Crippen molar-refractivity contribution in [3.63, 3.8) is 0 Å². The van der Waals surface area contributed by atoms with Gasteiger partial charge < -0.3 is 18.6 Å². The molecule has 1 aliphatic rings. The van der Waals surface area contributed by atoms with Crippen molar-refractivity contribution in [1.82, 2.24) is 0 Å². The SMILES string of the molecule is CO[C@H]1C=C(CCCOC(C)=O)O[C@H](CCO[Si](c2ccccc2)(c2ccccc2)C(C)(C)C)C1. The second kappa shape index (κ2) is 12.5. The average Bonchev–Trinajstić information content (AvgIpc) is 2.84. The van der Waals surface area contributed by atoms with Gasteiger partial charge in [0, 0.05) is 39.9 Å². The summed E-state index contributed by atoms with van der Waals surface area (Å²) in [6.07, 6.45) is 5.12. The molecule has 2 atom stereocenters. The van der Waals surface area contributed by atoms with Crippen LogP contribution in [0.4, 0.5) is 0 Å². The van der Waals surface area contributed by atoms with E-state index >= 15 is 0 Å². The summed E-state index contributed by atoms with van der Waals surface area (Å²) in [5.74, 6) is 0.655. The first-order chi connectivity index (χ1) is 16.8. The van der Waals surface area contributed by atoms with Crippen molar-refractivity contribution in [2.75, 3.05) is 20.3 Å². The van der Waals surface area contributed by atoms with Crippen molar-refractivity contribution in [3.8, 4) is 0 Å². The molecule has 6 heteroatoms. The van der Waals surface area contributed by atoms with Gasteiger partial charge in [-0.1, -0.05) is 81.4 Å². The molecule has 0 amide bonds. The van der Waals surface area contributed by atoms with Gasteiger partial charge in [0.2, 0.25) is 0 Å². The zero-order valence-corrected chi connectivity index (χ0v) is 22.8. The number of hydrogen-bond donors (Lipinski definition) is 0. The van der Waals surface area contributed by atoms with Gasteiger partial charge in [-0.25, -0.2) is 0 Å². The monoisotopic (exact) mass is 496 g/mol. The molecule has 0 fully saturated rings. The molecule has 0 bridgehead atoms. The third-order valence-corrected chi connectivity index (χ3v) is 11.6. The van der Waals surface area contributed by atoms with Crippen LogP contribution >= 0.6 is 0 Å². The fourth-order valence-electron chi connectivity index (χ4n) is 4.89. The van der Waals surface area contributed by atoms with E-state index in [1.807, 2.05) is 6.08 Å². The van der Waals surface area contributed by atoms with Crippen LogP contribution in [-0.4, -0.2) is 46.8 Å². The highest BCUT2D eigenvalue weighted by Gasteiger charge is 2.50. The number of carbonyl (C=O) groups is 1. The van der Waals surface area contributed by atoms with E-state index in [9.17, 15) is 4.79 Å². The molecular formula is C29H40O5Si. The Balaban J connectivity index is 1.74. The van der Waals surface area contributed by atoms with E-state index in [-0.39, 0.29) is 23.2 Å². The van der Waals surface area contributed by atoms with Crippen molar-refractivity contribution in [2.24, 2.45) is 0 Å². The lowest BCUT2D eigenvalue weighted by Gasteiger charge is -2.43. The van der Waals surface area contributed by atoms with E-state index in [0.717, 1.165) is 31.4 Å². The Morgan fingerprint density at radius 3 is 2.11 bits per heavy atom. The van der Waals surface area contributed by atoms with Gasteiger partial charge in [-0.3, -0.25) is 4.79 Å². The Morgan fingerprint density at radius 2 is 1.60 bits per heavy atom. The van der Waals surface area contributed by atoms with Gasteiger partial charge in [0.15, 0.2) is 0 Å². The normalized spacial score (nSPS) is 18.5. The minimum atomic E-state index is -2.56. The molecule has 0 saturated heterocycles. The summed E-state index contributed by atoms with van der Waals surface area (Å²) in [5.41, 5.74) is 0. The highest BCUT2D eigenvalue weighted by molar-refractivity contribution is 6.99. The van der Waals surface area contributed by atoms with Crippen LogP contribution in [0.15, 0.2) is 72.5 Å². The number of esters is 1. The van der Waals surface area contributed by atoms with E-state index < -0.39 is 8.32 Å². The lowest BCUT2D eigenvalue weighted by atomic mass is 10.0. The van der Waals surface area contributed by atoms with E-state index in [1.54, 1.807) is 7.11 Å². The van der Waals surface area contributed by atoms with Crippen molar-refractivity contribution >= 4 is 24.7 Å². The summed E-state index contributed by atoms with van der Waals surface area (Å²) in [6.45, 7) is 9.31. The molecule has 5 nitrogen and oxygen atoms in total. The largest absolute Gasteiger partial charge is 0.495 e. The van der Waals surface area contributed by atoms with Gasteiger partial charge in [0.05, 0.1) is 18.5 Å². The van der Waals surface area contributed by atoms with Gasteiger partial charge in [-0.05, 0) is 27.9 Å². The van der Waals surface area contributed by atoms with E-state index in [1.165, 1.54) is 17.3 Å². The maximum Gasteiger partial charge on any atom is 0.302 e. The summed E-state index contributed by atoms with van der Waals surface area (Å²) in [5, 5.41) is 2.51. The van der Waals surface area contributed by atoms with E-state index in [4.69, 9.17) is 18.6 Å². The zero-order chi connectivity index (χ0) is 25.3. The summed E-state index contributed by atoms with van der Waals surface area (Å²) in [7, 11) is -0.828. The Bertz CT molecular complexity index is 913. The summed E-state index contributed by atoms with van der Waals surface area (Å²) < 4.78 is 24.1. The summed E-state index contributed by atoms with van der Waals surface area (Å²) in [6, 6.07) is 21.4. The first-order valence-corrected chi connectivity index (χ1v) is 14.5. The number of benzene rings is 2. The molecule has 0 radical (unpaired) electrons. The number of allylic oxidation sites excluding steroid dienone is 1. The van der Waals surface area contributed by atoms with Gasteiger partial charge in [0.1, 0.15) is 6.10 Å². The lowest BCUT2D eigenvalue weighted by Crippen LogP contribution is -2.66. The number of hydrogen-bond acceptors (Lipinski definition) is 5. The molecule has 3 rings (SSSR count). The first kappa shape index (κ1) is 27.2. The maximum atomic E-state index is 11.0. The van der Waals surface area contributed by atoms with Gasteiger partial charge >= 0.3 is 5.97 Å². The first-order valence-electron chi connectivity index (χ1n) is 12.5. The second-order valence-electron chi connectivity index (χ2n) is 10.1. The van der Waals surface area contributed by atoms with Crippen LogP contribution in [0.2, 0.25) is 5.04 Å². The van der Waals surface area contributed by atoms with Crippen LogP contribution in [0.1, 0.15) is 53.4 Å². The van der Waals surface area contributed by atoms with Crippen molar-refractivity contribution in [2.45, 2.75) is 70.6 Å². The molecule has 2 aromatic rings. The molecule has 0 aliphatic carbocycles. The molecule has 0 spiro atoms. The number of ether oxygens (including phenoxy) is 3. The van der Waals surface area contributed by atoms with E-state index in [2.05, 4.69) is 81.4 Å². The molecule has 1 heterocycles. The highest BCUT2D eigenvalue weighted by atomic mass is 28.4. The molecule has 2 aromatic carbocycles. The van der Waals surface area contributed by atoms with Crippen LogP contribution in [0.25, 0.3) is 0 Å². The topological polar surface area (TPSA) is 54.0 Å². The third-order valence-electron chi connectivity index (χ3n) is 6.54. The molecule has 190 valence electrons. The average molecular weight is 497 g/mol. The number of carbonyl (C=O) groups excluding carboxylic acids is 1. The molecule has 0 unspecified atom stereocenters. The smallest absolute Gasteiger partial charge is 0.302 e. The Morgan fingerprint density at radius 1 is 1.00 bits per heavy atom. The lowest BCUT2D eigenvalue weighted by molar-refractivity contribution is -0.141. The molecule has 0 saturated carbocycles. The Labute approximate surface area is 211 Å². The standard InChI is InChI=1S/C29H40O5Si/c1-23(30)32-19-12-13-24-21-26(31-5)22-25(34-24)18-20-33-35(29(2,3)4,27-14-8-6-9-15-27)28-16-10-7-11-17-28/h6-11,14-17,21,25-26H,12-13,18-20,22H2,1-5H3/t25-,26+/m1/s1. The van der Waals surface area contributed by atoms with Crippen LogP contribution < -0.4 is 10.4 Å². The summed E-state index contributed by atoms with van der Waals surface area (Å²) >= 11 is 0.